The Morgan fingerprint density at radius 2 is 1.83 bits per heavy atom. The average Bonchev–Trinajstić information content (AvgIpc) is 2.58. The number of aromatic hydroxyl groups is 2. The van der Waals surface area contributed by atoms with Crippen molar-refractivity contribution in [2.24, 2.45) is 0 Å². The van der Waals surface area contributed by atoms with E-state index in [2.05, 4.69) is 0 Å². The zero-order valence-electron chi connectivity index (χ0n) is 12.7. The number of benzene rings is 2. The third-order valence-corrected chi connectivity index (χ3v) is 3.39. The van der Waals surface area contributed by atoms with Crippen molar-refractivity contribution in [1.29, 1.82) is 5.26 Å². The Morgan fingerprint density at radius 1 is 1.13 bits per heavy atom. The van der Waals surface area contributed by atoms with Crippen LogP contribution in [0.25, 0.3) is 0 Å². The number of phenolic OH excluding ortho intramolecular Hbond substituents is 2. The Balaban J connectivity index is 2.27. The van der Waals surface area contributed by atoms with Crippen molar-refractivity contribution < 1.29 is 19.7 Å². The van der Waals surface area contributed by atoms with Crippen LogP contribution in [0.5, 0.6) is 17.2 Å². The second-order valence-corrected chi connectivity index (χ2v) is 5.03. The van der Waals surface area contributed by atoms with E-state index < -0.39 is 17.3 Å². The lowest BCUT2D eigenvalue weighted by Gasteiger charge is -2.11. The third kappa shape index (κ3) is 3.61. The SMILES string of the molecule is CCCCOc1ccc(C(=O)c2ccc(C#N)cc2)c(O)c1O. The predicted molar refractivity (Wildman–Crippen MR) is 84.8 cm³/mol. The van der Waals surface area contributed by atoms with E-state index in [9.17, 15) is 15.0 Å². The Hall–Kier alpha value is -3.00. The van der Waals surface area contributed by atoms with Crippen LogP contribution in [0.4, 0.5) is 0 Å². The van der Waals surface area contributed by atoms with E-state index in [0.29, 0.717) is 17.7 Å². The van der Waals surface area contributed by atoms with Gasteiger partial charge in [-0.05, 0) is 42.8 Å². The van der Waals surface area contributed by atoms with Crippen LogP contribution in [0.1, 0.15) is 41.3 Å². The number of ketones is 1. The Kier molecular flexibility index (Phi) is 5.21. The number of hydrogen-bond acceptors (Lipinski definition) is 5. The highest BCUT2D eigenvalue weighted by Gasteiger charge is 2.19. The highest BCUT2D eigenvalue weighted by atomic mass is 16.5. The van der Waals surface area contributed by atoms with Crippen LogP contribution in [0.15, 0.2) is 36.4 Å². The largest absolute Gasteiger partial charge is 0.504 e. The summed E-state index contributed by atoms with van der Waals surface area (Å²) < 4.78 is 5.37. The van der Waals surface area contributed by atoms with Gasteiger partial charge in [0.25, 0.3) is 0 Å². The van der Waals surface area contributed by atoms with Gasteiger partial charge in [-0.25, -0.2) is 0 Å². The molecule has 0 fully saturated rings. The molecule has 5 nitrogen and oxygen atoms in total. The van der Waals surface area contributed by atoms with Crippen molar-refractivity contribution in [3.8, 4) is 23.3 Å². The van der Waals surface area contributed by atoms with E-state index in [1.165, 1.54) is 36.4 Å². The molecule has 5 heteroatoms. The minimum atomic E-state index is -0.506. The number of unbranched alkanes of at least 4 members (excludes halogenated alkanes) is 1. The molecule has 23 heavy (non-hydrogen) atoms. The molecule has 0 spiro atoms. The minimum absolute atomic E-state index is 0.0185. The summed E-state index contributed by atoms with van der Waals surface area (Å²) in [5.41, 5.74) is 0.738. The highest BCUT2D eigenvalue weighted by Crippen LogP contribution is 2.39. The van der Waals surface area contributed by atoms with Gasteiger partial charge in [0.2, 0.25) is 5.75 Å². The van der Waals surface area contributed by atoms with Crippen LogP contribution in [0, 0.1) is 11.3 Å². The van der Waals surface area contributed by atoms with Crippen molar-refractivity contribution in [1.82, 2.24) is 0 Å². The van der Waals surface area contributed by atoms with Gasteiger partial charge in [-0.15, -0.1) is 0 Å². The molecular formula is C18H17NO4. The summed E-state index contributed by atoms with van der Waals surface area (Å²) in [6.07, 6.45) is 1.77. The predicted octanol–water partition coefficient (Wildman–Crippen LogP) is 3.38. The smallest absolute Gasteiger partial charge is 0.201 e. The zero-order chi connectivity index (χ0) is 16.8. The highest BCUT2D eigenvalue weighted by molar-refractivity contribution is 6.11. The Labute approximate surface area is 134 Å². The lowest BCUT2D eigenvalue weighted by Crippen LogP contribution is -2.03. The second-order valence-electron chi connectivity index (χ2n) is 5.03. The Bertz CT molecular complexity index is 745. The van der Waals surface area contributed by atoms with E-state index in [4.69, 9.17) is 10.00 Å². The van der Waals surface area contributed by atoms with Gasteiger partial charge in [0.05, 0.1) is 23.8 Å². The van der Waals surface area contributed by atoms with Gasteiger partial charge in [0, 0.05) is 5.56 Å². The van der Waals surface area contributed by atoms with Crippen LogP contribution in [0.3, 0.4) is 0 Å². The van der Waals surface area contributed by atoms with Crippen molar-refractivity contribution in [3.05, 3.63) is 53.1 Å². The third-order valence-electron chi connectivity index (χ3n) is 3.39. The standard InChI is InChI=1S/C18H17NO4/c1-2-3-10-23-15-9-8-14(17(21)18(15)22)16(20)13-6-4-12(11-19)5-7-13/h4-9,21-22H,2-3,10H2,1H3. The fraction of sp³-hybridized carbons (Fsp3) is 0.222. The lowest BCUT2D eigenvalue weighted by molar-refractivity contribution is 0.103. The molecule has 2 rings (SSSR count). The summed E-state index contributed by atoms with van der Waals surface area (Å²) in [5, 5.41) is 28.8. The molecule has 118 valence electrons. The summed E-state index contributed by atoms with van der Waals surface area (Å²) in [7, 11) is 0. The summed E-state index contributed by atoms with van der Waals surface area (Å²) in [6.45, 7) is 2.44. The number of phenols is 2. The molecule has 0 saturated heterocycles. The summed E-state index contributed by atoms with van der Waals surface area (Å²) in [4.78, 5) is 12.4. The van der Waals surface area contributed by atoms with Crippen LogP contribution >= 0.6 is 0 Å². The molecular weight excluding hydrogens is 294 g/mol. The van der Waals surface area contributed by atoms with Crippen LogP contribution in [-0.2, 0) is 0 Å². The number of hydrogen-bond donors (Lipinski definition) is 2. The summed E-state index contributed by atoms with van der Waals surface area (Å²) in [5.74, 6) is -1.25. The summed E-state index contributed by atoms with van der Waals surface area (Å²) in [6, 6.07) is 10.9. The normalized spacial score (nSPS) is 10.1. The van der Waals surface area contributed by atoms with Gasteiger partial charge in [-0.3, -0.25) is 4.79 Å². The average molecular weight is 311 g/mol. The quantitative estimate of drug-likeness (QED) is 0.485. The number of carbonyl (C=O) groups is 1. The van der Waals surface area contributed by atoms with Crippen molar-refractivity contribution in [2.75, 3.05) is 6.61 Å². The fourth-order valence-corrected chi connectivity index (χ4v) is 2.04. The first-order valence-corrected chi connectivity index (χ1v) is 7.31. The van der Waals surface area contributed by atoms with Crippen molar-refractivity contribution in [3.63, 3.8) is 0 Å². The first-order chi connectivity index (χ1) is 11.1. The number of nitriles is 1. The topological polar surface area (TPSA) is 90.6 Å². The van der Waals surface area contributed by atoms with Crippen molar-refractivity contribution >= 4 is 5.78 Å². The number of ether oxygens (including phenoxy) is 1. The molecule has 0 aliphatic heterocycles. The molecule has 2 aromatic rings. The maximum atomic E-state index is 12.4. The van der Waals surface area contributed by atoms with Gasteiger partial charge in [0.1, 0.15) is 0 Å². The van der Waals surface area contributed by atoms with E-state index in [-0.39, 0.29) is 11.3 Å². The molecule has 0 aliphatic rings. The molecule has 0 amide bonds. The molecule has 0 saturated carbocycles. The van der Waals surface area contributed by atoms with Gasteiger partial charge in [0.15, 0.2) is 17.3 Å². The first kappa shape index (κ1) is 16.4. The monoisotopic (exact) mass is 311 g/mol. The minimum Gasteiger partial charge on any atom is -0.504 e. The van der Waals surface area contributed by atoms with Gasteiger partial charge in [-0.2, -0.15) is 5.26 Å². The summed E-state index contributed by atoms with van der Waals surface area (Å²) >= 11 is 0. The van der Waals surface area contributed by atoms with E-state index in [0.717, 1.165) is 12.8 Å². The maximum absolute atomic E-state index is 12.4. The molecule has 0 atom stereocenters. The van der Waals surface area contributed by atoms with Gasteiger partial charge >= 0.3 is 0 Å². The fourth-order valence-electron chi connectivity index (χ4n) is 2.04. The zero-order valence-corrected chi connectivity index (χ0v) is 12.7. The number of nitrogens with zero attached hydrogens (tertiary/aromatic N) is 1. The van der Waals surface area contributed by atoms with E-state index >= 15 is 0 Å². The van der Waals surface area contributed by atoms with Crippen LogP contribution in [-0.4, -0.2) is 22.6 Å². The van der Waals surface area contributed by atoms with Crippen LogP contribution < -0.4 is 4.74 Å². The second kappa shape index (κ2) is 7.32. The first-order valence-electron chi connectivity index (χ1n) is 7.31. The number of carbonyl (C=O) groups excluding carboxylic acids is 1. The van der Waals surface area contributed by atoms with E-state index in [1.54, 1.807) is 0 Å². The molecule has 0 unspecified atom stereocenters. The van der Waals surface area contributed by atoms with E-state index in [1.807, 2.05) is 13.0 Å². The van der Waals surface area contributed by atoms with Crippen LogP contribution in [0.2, 0.25) is 0 Å². The molecule has 2 N–H and O–H groups in total. The molecule has 2 aromatic carbocycles. The molecule has 0 radical (unpaired) electrons. The maximum Gasteiger partial charge on any atom is 0.201 e. The molecule has 0 aliphatic carbocycles. The van der Waals surface area contributed by atoms with Crippen molar-refractivity contribution in [2.45, 2.75) is 19.8 Å². The van der Waals surface area contributed by atoms with Gasteiger partial charge < -0.3 is 14.9 Å². The molecule has 0 heterocycles. The molecule has 0 bridgehead atoms. The Morgan fingerprint density at radius 3 is 2.43 bits per heavy atom. The lowest BCUT2D eigenvalue weighted by atomic mass is 10.0. The molecule has 0 aromatic heterocycles. The van der Waals surface area contributed by atoms with Gasteiger partial charge in [-0.1, -0.05) is 13.3 Å². The number of rotatable bonds is 6.